The Morgan fingerprint density at radius 1 is 0.640 bits per heavy atom. The van der Waals surface area contributed by atoms with Crippen molar-refractivity contribution >= 4 is 57.2 Å². The summed E-state index contributed by atoms with van der Waals surface area (Å²) in [4.78, 5) is 9.26. The van der Waals surface area contributed by atoms with Gasteiger partial charge in [0.1, 0.15) is 0 Å². The average molecular weight is 418 g/mol. The Balaban J connectivity index is 0.000000173. The molecule has 0 N–H and O–H groups in total. The molecule has 5 heteroatoms. The zero-order chi connectivity index (χ0) is 18.0. The molecule has 4 heterocycles. The Bertz CT molecular complexity index is 535. The molecule has 2 fully saturated rings. The summed E-state index contributed by atoms with van der Waals surface area (Å²) < 4.78 is 0. The minimum absolute atomic E-state index is 0. The number of hydrogen-bond acceptors (Lipinski definition) is 2. The predicted molar refractivity (Wildman–Crippen MR) is 109 cm³/mol. The molecule has 0 spiro atoms. The van der Waals surface area contributed by atoms with Gasteiger partial charge in [0.25, 0.3) is 0 Å². The minimum Gasteiger partial charge on any atom is -0.463 e. The fourth-order valence-electron chi connectivity index (χ4n) is 4.76. The molecule has 2 unspecified atom stereocenters. The minimum atomic E-state index is 0. The number of fused-ring (bicyclic) bond motifs is 2. The van der Waals surface area contributed by atoms with Gasteiger partial charge in [0.2, 0.25) is 0 Å². The van der Waals surface area contributed by atoms with Crippen molar-refractivity contribution in [1.82, 2.24) is 0 Å². The molecule has 4 rings (SSSR count). The molecule has 25 heavy (non-hydrogen) atoms. The van der Waals surface area contributed by atoms with Crippen LogP contribution in [0.15, 0.2) is 9.98 Å². The Morgan fingerprint density at radius 3 is 1.24 bits per heavy atom. The largest absolute Gasteiger partial charge is 2.00 e. The van der Waals surface area contributed by atoms with E-state index >= 15 is 0 Å². The zero-order valence-electron chi connectivity index (χ0n) is 17.5. The molecular formula is C20H34N4Sr. The van der Waals surface area contributed by atoms with Crippen LogP contribution < -0.4 is 0 Å². The van der Waals surface area contributed by atoms with Gasteiger partial charge in [0.05, 0.1) is 0 Å². The van der Waals surface area contributed by atoms with E-state index in [0.717, 1.165) is 11.7 Å². The molecule has 0 aliphatic carbocycles. The fourth-order valence-corrected chi connectivity index (χ4v) is 4.76. The van der Waals surface area contributed by atoms with E-state index < -0.39 is 0 Å². The van der Waals surface area contributed by atoms with Crippen molar-refractivity contribution in [3.8, 4) is 0 Å². The van der Waals surface area contributed by atoms with Gasteiger partial charge in [0.15, 0.2) is 0 Å². The summed E-state index contributed by atoms with van der Waals surface area (Å²) in [5.41, 5.74) is 0.611. The molecule has 4 nitrogen and oxygen atoms in total. The smallest absolute Gasteiger partial charge is 0.463 e. The van der Waals surface area contributed by atoms with Gasteiger partial charge in [0, 0.05) is 0 Å². The molecule has 4 aliphatic rings. The van der Waals surface area contributed by atoms with Crippen LogP contribution in [0, 0.1) is 11.8 Å². The molecule has 0 aromatic heterocycles. The Labute approximate surface area is 191 Å². The summed E-state index contributed by atoms with van der Waals surface area (Å²) in [5.74, 6) is 3.56. The van der Waals surface area contributed by atoms with E-state index in [1.54, 1.807) is 0 Å². The van der Waals surface area contributed by atoms with Crippen LogP contribution >= 0.6 is 0 Å². The van der Waals surface area contributed by atoms with Gasteiger partial charge in [-0.3, -0.25) is 0 Å². The molecule has 0 aromatic carbocycles. The maximum atomic E-state index is 4.63. The number of hydrogen-bond donors (Lipinski definition) is 0. The van der Waals surface area contributed by atoms with E-state index in [9.17, 15) is 0 Å². The van der Waals surface area contributed by atoms with Gasteiger partial charge in [-0.1, -0.05) is 67.1 Å². The summed E-state index contributed by atoms with van der Waals surface area (Å²) in [6, 6.07) is 0. The average Bonchev–Trinajstić information content (AvgIpc) is 2.89. The van der Waals surface area contributed by atoms with Crippen LogP contribution in [-0.4, -0.2) is 79.3 Å². The van der Waals surface area contributed by atoms with Crippen molar-refractivity contribution in [2.75, 3.05) is 0 Å². The van der Waals surface area contributed by atoms with E-state index in [2.05, 4.69) is 76.0 Å². The van der Waals surface area contributed by atoms with Crippen molar-refractivity contribution in [3.63, 3.8) is 0 Å². The molecular weight excluding hydrogens is 384 g/mol. The van der Waals surface area contributed by atoms with Gasteiger partial charge in [-0.2, -0.15) is 0 Å². The number of rotatable bonds is 0. The van der Waals surface area contributed by atoms with E-state index in [1.165, 1.54) is 25.7 Å². The summed E-state index contributed by atoms with van der Waals surface area (Å²) in [6.45, 7) is 17.6. The quantitative estimate of drug-likeness (QED) is 0.492. The zero-order valence-corrected chi connectivity index (χ0v) is 21.0. The third-order valence-electron chi connectivity index (χ3n) is 5.38. The molecule has 0 aromatic rings. The summed E-state index contributed by atoms with van der Waals surface area (Å²) >= 11 is 0. The second kappa shape index (κ2) is 6.79. The summed E-state index contributed by atoms with van der Waals surface area (Å²) in [6.07, 6.45) is 4.76. The van der Waals surface area contributed by atoms with Crippen molar-refractivity contribution in [2.45, 2.75) is 103 Å². The maximum absolute atomic E-state index is 4.63. The fraction of sp³-hybridized carbons (Fsp3) is 0.900. The van der Waals surface area contributed by atoms with Crippen LogP contribution in [-0.2, 0) is 0 Å². The van der Waals surface area contributed by atoms with Crippen molar-refractivity contribution in [2.24, 2.45) is 21.8 Å². The topological polar surface area (TPSA) is 52.9 Å². The molecule has 0 saturated carbocycles. The summed E-state index contributed by atoms with van der Waals surface area (Å²) in [7, 11) is 0. The van der Waals surface area contributed by atoms with Gasteiger partial charge in [-0.15, -0.1) is 0 Å². The monoisotopic (exact) mass is 418 g/mol. The third kappa shape index (κ3) is 5.24. The van der Waals surface area contributed by atoms with Crippen LogP contribution in [0.4, 0.5) is 0 Å². The molecule has 2 saturated heterocycles. The van der Waals surface area contributed by atoms with E-state index in [-0.39, 0.29) is 67.6 Å². The molecule has 4 aliphatic heterocycles. The number of amidine groups is 2. The van der Waals surface area contributed by atoms with Gasteiger partial charge in [-0.25, -0.2) is 0 Å². The standard InChI is InChI=1S/2C10H17N2.Sr/c2*1-9(2)5-7-6-10(3,4)12-8(7)11-9;/h2*7H,5-6H2,1-4H3;/q2*-1;+2. The van der Waals surface area contributed by atoms with E-state index in [0.29, 0.717) is 11.8 Å². The Morgan fingerprint density at radius 2 is 0.960 bits per heavy atom. The van der Waals surface area contributed by atoms with Crippen LogP contribution in [0.2, 0.25) is 0 Å². The number of nitrogens with zero attached hydrogens (tertiary/aromatic N) is 4. The Hall–Kier alpha value is 0.421. The van der Waals surface area contributed by atoms with Crippen LogP contribution in [0.25, 0.3) is 10.6 Å². The molecule has 0 radical (unpaired) electrons. The number of aliphatic imine (C=N–C) groups is 2. The normalized spacial score (nSPS) is 34.2. The molecule has 0 amide bonds. The first-order valence-electron chi connectivity index (χ1n) is 9.41. The first-order valence-corrected chi connectivity index (χ1v) is 9.41. The Kier molecular flexibility index (Phi) is 5.90. The van der Waals surface area contributed by atoms with Crippen molar-refractivity contribution < 1.29 is 0 Å². The van der Waals surface area contributed by atoms with Crippen LogP contribution in [0.3, 0.4) is 0 Å². The van der Waals surface area contributed by atoms with Gasteiger partial charge < -0.3 is 20.6 Å². The molecule has 136 valence electrons. The van der Waals surface area contributed by atoms with Crippen molar-refractivity contribution in [3.05, 3.63) is 10.6 Å². The van der Waals surface area contributed by atoms with Crippen LogP contribution in [0.1, 0.15) is 81.1 Å². The van der Waals surface area contributed by atoms with Crippen molar-refractivity contribution in [1.29, 1.82) is 0 Å². The van der Waals surface area contributed by atoms with Gasteiger partial charge in [-0.05, 0) is 59.7 Å². The summed E-state index contributed by atoms with van der Waals surface area (Å²) in [5, 5.41) is 9.26. The van der Waals surface area contributed by atoms with E-state index in [4.69, 9.17) is 0 Å². The second-order valence-corrected chi connectivity index (χ2v) is 10.6. The predicted octanol–water partition coefficient (Wildman–Crippen LogP) is 5.10. The van der Waals surface area contributed by atoms with E-state index in [1.807, 2.05) is 0 Å². The SMILES string of the molecule is CC1(C)CC2CC(C)(C)[N-]C2=N1.CC1(C)CC2CC(C)(C)[N-]C2=N1.[Sr+2]. The first kappa shape index (κ1) is 21.7. The molecule has 2 atom stereocenters. The second-order valence-electron chi connectivity index (χ2n) is 10.6. The maximum Gasteiger partial charge on any atom is 2.00 e. The third-order valence-corrected chi connectivity index (χ3v) is 5.38. The van der Waals surface area contributed by atoms with Crippen LogP contribution in [0.5, 0.6) is 0 Å². The first-order chi connectivity index (χ1) is 10.8. The molecule has 0 bridgehead atoms. The van der Waals surface area contributed by atoms with Gasteiger partial charge >= 0.3 is 45.5 Å².